The van der Waals surface area contributed by atoms with Crippen molar-refractivity contribution in [2.24, 2.45) is 0 Å². The first-order valence-corrected chi connectivity index (χ1v) is 3.14. The van der Waals surface area contributed by atoms with Crippen LogP contribution >= 0.6 is 0 Å². The molecular formula is C9H7O2-. The Bertz CT molecular complexity index is 277. The average molecular weight is 147 g/mol. The molecule has 0 heterocycles. The highest BCUT2D eigenvalue weighted by Crippen LogP contribution is 2.09. The van der Waals surface area contributed by atoms with Crippen molar-refractivity contribution >= 4 is 0 Å². The third kappa shape index (κ3) is 1.91. The molecule has 0 spiro atoms. The van der Waals surface area contributed by atoms with Crippen molar-refractivity contribution < 1.29 is 9.84 Å². The predicted octanol–water partition coefficient (Wildman–Crippen LogP) is 0.364. The molecule has 0 bridgehead atoms. The molecule has 1 aromatic carbocycles. The Balaban J connectivity index is 2.88. The first-order valence-electron chi connectivity index (χ1n) is 3.14. The molecule has 56 valence electrons. The Morgan fingerprint density at radius 1 is 1.27 bits per heavy atom. The molecule has 0 atom stereocenters. The van der Waals surface area contributed by atoms with E-state index in [0.29, 0.717) is 5.56 Å². The predicted molar refractivity (Wildman–Crippen MR) is 39.9 cm³/mol. The van der Waals surface area contributed by atoms with Gasteiger partial charge in [-0.15, -0.1) is 0 Å². The lowest BCUT2D eigenvalue weighted by molar-refractivity contribution is -0.247. The van der Waals surface area contributed by atoms with Crippen LogP contribution in [-0.4, -0.2) is 7.11 Å². The molecule has 1 aromatic rings. The second-order valence-electron chi connectivity index (χ2n) is 1.96. The van der Waals surface area contributed by atoms with Crippen LogP contribution in [0, 0.1) is 12.0 Å². The number of hydrogen-bond acceptors (Lipinski definition) is 2. The van der Waals surface area contributed by atoms with E-state index in [9.17, 15) is 5.11 Å². The summed E-state index contributed by atoms with van der Waals surface area (Å²) >= 11 is 0. The maximum Gasteiger partial charge on any atom is 0.118 e. The maximum atomic E-state index is 9.86. The summed E-state index contributed by atoms with van der Waals surface area (Å²) in [6.07, 6.45) is 1.58. The summed E-state index contributed by atoms with van der Waals surface area (Å²) in [4.78, 5) is 0. The molecule has 1 rings (SSSR count). The van der Waals surface area contributed by atoms with Gasteiger partial charge in [-0.25, -0.2) is 0 Å². The molecule has 0 aromatic heterocycles. The third-order valence-electron chi connectivity index (χ3n) is 1.29. The highest BCUT2D eigenvalue weighted by molar-refractivity contribution is 5.37. The third-order valence-corrected chi connectivity index (χ3v) is 1.29. The quantitative estimate of drug-likeness (QED) is 0.537. The Morgan fingerprint density at radius 2 is 1.91 bits per heavy atom. The molecule has 2 heteroatoms. The van der Waals surface area contributed by atoms with Crippen molar-refractivity contribution in [2.75, 3.05) is 7.11 Å². The molecule has 0 saturated heterocycles. The largest absolute Gasteiger partial charge is 0.833 e. The zero-order chi connectivity index (χ0) is 8.10. The van der Waals surface area contributed by atoms with E-state index in [1.807, 2.05) is 0 Å². The lowest BCUT2D eigenvalue weighted by atomic mass is 10.2. The fourth-order valence-electron chi connectivity index (χ4n) is 0.733. The smallest absolute Gasteiger partial charge is 0.118 e. The minimum Gasteiger partial charge on any atom is -0.833 e. The van der Waals surface area contributed by atoms with E-state index in [-0.39, 0.29) is 0 Å². The van der Waals surface area contributed by atoms with Gasteiger partial charge in [-0.2, -0.15) is 6.11 Å². The fraction of sp³-hybridized carbons (Fsp3) is 0.111. The Hall–Kier alpha value is -1.62. The van der Waals surface area contributed by atoms with Crippen molar-refractivity contribution in [3.63, 3.8) is 0 Å². The molecular weight excluding hydrogens is 140 g/mol. The van der Waals surface area contributed by atoms with Crippen LogP contribution in [-0.2, 0) is 0 Å². The Morgan fingerprint density at radius 3 is 2.36 bits per heavy atom. The Kier molecular flexibility index (Phi) is 2.40. The minimum atomic E-state index is 0.709. The van der Waals surface area contributed by atoms with Gasteiger partial charge in [-0.1, -0.05) is 5.92 Å². The lowest BCUT2D eigenvalue weighted by Crippen LogP contribution is -1.87. The van der Waals surface area contributed by atoms with Crippen LogP contribution in [0.5, 0.6) is 5.75 Å². The monoisotopic (exact) mass is 147 g/mol. The van der Waals surface area contributed by atoms with Gasteiger partial charge >= 0.3 is 0 Å². The number of methoxy groups -OCH3 is 1. The second kappa shape index (κ2) is 3.52. The van der Waals surface area contributed by atoms with E-state index in [2.05, 4.69) is 5.92 Å². The summed E-state index contributed by atoms with van der Waals surface area (Å²) in [5.74, 6) is 3.16. The average Bonchev–Trinajstić information content (AvgIpc) is 2.07. The van der Waals surface area contributed by atoms with Gasteiger partial charge < -0.3 is 9.84 Å². The van der Waals surface area contributed by atoms with Crippen LogP contribution in [0.2, 0.25) is 0 Å². The highest BCUT2D eigenvalue weighted by atomic mass is 16.5. The van der Waals surface area contributed by atoms with Crippen molar-refractivity contribution in [3.05, 3.63) is 29.8 Å². The van der Waals surface area contributed by atoms with Crippen molar-refractivity contribution in [1.82, 2.24) is 0 Å². The van der Waals surface area contributed by atoms with Crippen LogP contribution in [0.1, 0.15) is 5.56 Å². The van der Waals surface area contributed by atoms with Crippen molar-refractivity contribution in [1.29, 1.82) is 0 Å². The highest BCUT2D eigenvalue weighted by Gasteiger charge is 1.87. The summed E-state index contributed by atoms with van der Waals surface area (Å²) < 4.78 is 4.92. The van der Waals surface area contributed by atoms with Crippen LogP contribution in [0.3, 0.4) is 0 Å². The van der Waals surface area contributed by atoms with E-state index < -0.39 is 0 Å². The summed E-state index contributed by atoms with van der Waals surface area (Å²) in [5, 5.41) is 9.86. The molecule has 2 nitrogen and oxygen atoms in total. The van der Waals surface area contributed by atoms with Gasteiger partial charge in [-0.3, -0.25) is 0 Å². The summed E-state index contributed by atoms with van der Waals surface area (Å²) in [6, 6.07) is 7.01. The SMILES string of the molecule is COc1ccc(C#C[O-])cc1. The number of hydrogen-bond donors (Lipinski definition) is 0. The van der Waals surface area contributed by atoms with E-state index >= 15 is 0 Å². The minimum absolute atomic E-state index is 0.709. The normalized spacial score (nSPS) is 8.09. The van der Waals surface area contributed by atoms with Crippen LogP contribution in [0.15, 0.2) is 24.3 Å². The first kappa shape index (κ1) is 7.49. The van der Waals surface area contributed by atoms with Crippen molar-refractivity contribution in [2.45, 2.75) is 0 Å². The molecule has 0 N–H and O–H groups in total. The number of benzene rings is 1. The van der Waals surface area contributed by atoms with Crippen LogP contribution in [0.4, 0.5) is 0 Å². The standard InChI is InChI=1S/C9H8O2/c1-11-9-4-2-8(3-5-9)6-7-10/h2-5,10H,1H3/p-1. The van der Waals surface area contributed by atoms with Gasteiger partial charge in [0.15, 0.2) is 0 Å². The molecule has 0 fully saturated rings. The fourth-order valence-corrected chi connectivity index (χ4v) is 0.733. The van der Waals surface area contributed by atoms with Gasteiger partial charge in [0.05, 0.1) is 7.11 Å². The second-order valence-corrected chi connectivity index (χ2v) is 1.96. The van der Waals surface area contributed by atoms with E-state index in [4.69, 9.17) is 4.74 Å². The zero-order valence-electron chi connectivity index (χ0n) is 6.13. The molecule has 0 saturated carbocycles. The van der Waals surface area contributed by atoms with Gasteiger partial charge in [-0.05, 0) is 24.3 Å². The number of rotatable bonds is 1. The number of ether oxygens (including phenoxy) is 1. The van der Waals surface area contributed by atoms with E-state index in [1.165, 1.54) is 0 Å². The van der Waals surface area contributed by atoms with Gasteiger partial charge in [0.25, 0.3) is 0 Å². The Labute approximate surface area is 65.4 Å². The molecule has 0 aliphatic rings. The maximum absolute atomic E-state index is 9.86. The van der Waals surface area contributed by atoms with Gasteiger partial charge in [0.1, 0.15) is 5.75 Å². The molecule has 0 aliphatic carbocycles. The molecule has 11 heavy (non-hydrogen) atoms. The molecule has 0 amide bonds. The summed E-state index contributed by atoms with van der Waals surface area (Å²) in [5.41, 5.74) is 0.709. The van der Waals surface area contributed by atoms with Gasteiger partial charge in [0.2, 0.25) is 0 Å². The molecule has 0 aliphatic heterocycles. The summed E-state index contributed by atoms with van der Waals surface area (Å²) in [6.45, 7) is 0. The summed E-state index contributed by atoms with van der Waals surface area (Å²) in [7, 11) is 1.59. The first-order chi connectivity index (χ1) is 5.36. The lowest BCUT2D eigenvalue weighted by Gasteiger charge is -1.97. The van der Waals surface area contributed by atoms with E-state index in [0.717, 1.165) is 5.75 Å². The van der Waals surface area contributed by atoms with Gasteiger partial charge in [0, 0.05) is 5.56 Å². The van der Waals surface area contributed by atoms with Crippen LogP contribution < -0.4 is 9.84 Å². The molecule has 0 radical (unpaired) electrons. The zero-order valence-corrected chi connectivity index (χ0v) is 6.13. The molecule has 0 unspecified atom stereocenters. The van der Waals surface area contributed by atoms with E-state index in [1.54, 1.807) is 37.5 Å². The van der Waals surface area contributed by atoms with Crippen molar-refractivity contribution in [3.8, 4) is 17.8 Å². The van der Waals surface area contributed by atoms with Crippen LogP contribution in [0.25, 0.3) is 0 Å². The topological polar surface area (TPSA) is 32.3 Å².